The van der Waals surface area contributed by atoms with E-state index in [1.54, 1.807) is 0 Å². The second-order valence-electron chi connectivity index (χ2n) is 4.64. The molecule has 4 heteroatoms. The van der Waals surface area contributed by atoms with E-state index in [0.29, 0.717) is 6.10 Å². The predicted octanol–water partition coefficient (Wildman–Crippen LogP) is 3.12. The van der Waals surface area contributed by atoms with Gasteiger partial charge in [-0.05, 0) is 32.6 Å². The lowest BCUT2D eigenvalue weighted by molar-refractivity contribution is 0.0156. The van der Waals surface area contributed by atoms with Crippen LogP contribution in [-0.2, 0) is 17.6 Å². The molecule has 0 saturated carbocycles. The van der Waals surface area contributed by atoms with Gasteiger partial charge in [-0.1, -0.05) is 19.1 Å². The van der Waals surface area contributed by atoms with Crippen LogP contribution < -0.4 is 0 Å². The van der Waals surface area contributed by atoms with Gasteiger partial charge < -0.3 is 9.72 Å². The highest BCUT2D eigenvalue weighted by molar-refractivity contribution is 7.71. The van der Waals surface area contributed by atoms with Crippen molar-refractivity contribution >= 4 is 12.2 Å². The van der Waals surface area contributed by atoms with Gasteiger partial charge in [0.25, 0.3) is 0 Å². The Morgan fingerprint density at radius 1 is 1.47 bits per heavy atom. The number of nitrogens with one attached hydrogen (secondary N) is 1. The molecule has 1 aliphatic heterocycles. The fraction of sp³-hybridized carbons (Fsp3) is 0.692. The third-order valence-corrected chi connectivity index (χ3v) is 3.67. The topological polar surface area (TPSA) is 37.9 Å². The Morgan fingerprint density at radius 2 is 2.29 bits per heavy atom. The lowest BCUT2D eigenvalue weighted by Crippen LogP contribution is -2.22. The zero-order valence-electron chi connectivity index (χ0n) is 10.6. The summed E-state index contributed by atoms with van der Waals surface area (Å²) < 4.78 is 6.47. The minimum atomic E-state index is 0.314. The average molecular weight is 252 g/mol. The average Bonchev–Trinajstić information content (AvgIpc) is 2.30. The lowest BCUT2D eigenvalue weighted by Gasteiger charge is -2.22. The van der Waals surface area contributed by atoms with Gasteiger partial charge in [0.1, 0.15) is 10.5 Å². The third kappa shape index (κ3) is 3.13. The summed E-state index contributed by atoms with van der Waals surface area (Å²) in [7, 11) is 0. The first-order valence-electron chi connectivity index (χ1n) is 6.41. The molecule has 1 atom stereocenters. The van der Waals surface area contributed by atoms with Crippen LogP contribution in [0.5, 0.6) is 0 Å². The maximum absolute atomic E-state index is 5.72. The van der Waals surface area contributed by atoms with E-state index < -0.39 is 0 Å². The number of aromatic nitrogens is 2. The maximum atomic E-state index is 5.72. The van der Waals surface area contributed by atoms with Crippen LogP contribution >= 0.6 is 12.2 Å². The molecule has 0 aliphatic carbocycles. The molecule has 2 rings (SSSR count). The van der Waals surface area contributed by atoms with Crippen LogP contribution in [0, 0.1) is 11.6 Å². The normalized spacial score (nSPS) is 20.5. The number of H-pyrrole nitrogens is 1. The number of ether oxygens (including phenoxy) is 1. The minimum absolute atomic E-state index is 0.314. The van der Waals surface area contributed by atoms with Gasteiger partial charge in [-0.25, -0.2) is 4.98 Å². The van der Waals surface area contributed by atoms with Crippen LogP contribution in [0.4, 0.5) is 0 Å². The molecule has 0 radical (unpaired) electrons. The first kappa shape index (κ1) is 12.7. The van der Waals surface area contributed by atoms with Crippen LogP contribution in [-0.4, -0.2) is 22.7 Å². The van der Waals surface area contributed by atoms with Gasteiger partial charge >= 0.3 is 0 Å². The SMILES string of the molecule is CCc1c(C)[nH]c(CC2CCCCO2)nc1=S. The molecule has 17 heavy (non-hydrogen) atoms. The van der Waals surface area contributed by atoms with Crippen molar-refractivity contribution in [2.45, 2.75) is 52.1 Å². The van der Waals surface area contributed by atoms with Crippen molar-refractivity contribution in [2.75, 3.05) is 6.61 Å². The first-order valence-corrected chi connectivity index (χ1v) is 6.81. The zero-order valence-corrected chi connectivity index (χ0v) is 11.4. The molecule has 1 unspecified atom stereocenters. The summed E-state index contributed by atoms with van der Waals surface area (Å²) in [5.41, 5.74) is 2.31. The van der Waals surface area contributed by atoms with E-state index in [0.717, 1.165) is 47.6 Å². The fourth-order valence-corrected chi connectivity index (χ4v) is 2.78. The van der Waals surface area contributed by atoms with E-state index in [-0.39, 0.29) is 0 Å². The number of aromatic amines is 1. The van der Waals surface area contributed by atoms with Gasteiger partial charge in [0.05, 0.1) is 6.10 Å². The summed E-state index contributed by atoms with van der Waals surface area (Å²) in [6.07, 6.45) is 5.69. The molecule has 1 fully saturated rings. The van der Waals surface area contributed by atoms with Gasteiger partial charge in [-0.2, -0.15) is 0 Å². The zero-order chi connectivity index (χ0) is 12.3. The molecule has 0 amide bonds. The number of hydrogen-bond donors (Lipinski definition) is 1. The van der Waals surface area contributed by atoms with Gasteiger partial charge in [0, 0.05) is 24.3 Å². The van der Waals surface area contributed by atoms with E-state index in [2.05, 4.69) is 23.8 Å². The molecule has 1 aromatic heterocycles. The molecular formula is C13H20N2OS. The summed E-state index contributed by atoms with van der Waals surface area (Å²) in [5.74, 6) is 0.969. The van der Waals surface area contributed by atoms with Crippen molar-refractivity contribution in [3.8, 4) is 0 Å². The second kappa shape index (κ2) is 5.74. The molecule has 1 saturated heterocycles. The van der Waals surface area contributed by atoms with E-state index in [1.807, 2.05) is 0 Å². The van der Waals surface area contributed by atoms with Crippen molar-refractivity contribution in [3.63, 3.8) is 0 Å². The van der Waals surface area contributed by atoms with Gasteiger partial charge in [-0.3, -0.25) is 0 Å². The maximum Gasteiger partial charge on any atom is 0.133 e. The Hall–Kier alpha value is -0.740. The smallest absolute Gasteiger partial charge is 0.133 e. The minimum Gasteiger partial charge on any atom is -0.378 e. The summed E-state index contributed by atoms with van der Waals surface area (Å²) in [6.45, 7) is 5.07. The Labute approximate surface area is 108 Å². The lowest BCUT2D eigenvalue weighted by atomic mass is 10.1. The second-order valence-corrected chi connectivity index (χ2v) is 5.03. The number of nitrogens with zero attached hydrogens (tertiary/aromatic N) is 1. The highest BCUT2D eigenvalue weighted by atomic mass is 32.1. The molecule has 2 heterocycles. The number of hydrogen-bond acceptors (Lipinski definition) is 3. The highest BCUT2D eigenvalue weighted by Gasteiger charge is 2.16. The Bertz CT molecular complexity index is 436. The molecule has 1 N–H and O–H groups in total. The third-order valence-electron chi connectivity index (χ3n) is 3.33. The number of rotatable bonds is 3. The molecule has 94 valence electrons. The van der Waals surface area contributed by atoms with Crippen molar-refractivity contribution in [3.05, 3.63) is 21.7 Å². The van der Waals surface area contributed by atoms with Crippen molar-refractivity contribution in [1.29, 1.82) is 0 Å². The van der Waals surface area contributed by atoms with Gasteiger partial charge in [0.15, 0.2) is 0 Å². The predicted molar refractivity (Wildman–Crippen MR) is 70.8 cm³/mol. The summed E-state index contributed by atoms with van der Waals surface area (Å²) in [4.78, 5) is 7.84. The molecule has 0 spiro atoms. The summed E-state index contributed by atoms with van der Waals surface area (Å²) in [5, 5.41) is 0. The molecule has 3 nitrogen and oxygen atoms in total. The molecule has 0 bridgehead atoms. The fourth-order valence-electron chi connectivity index (χ4n) is 2.37. The first-order chi connectivity index (χ1) is 8.20. The van der Waals surface area contributed by atoms with E-state index in [1.165, 1.54) is 12.8 Å². The standard InChI is InChI=1S/C13H20N2OS/c1-3-11-9(2)14-12(15-13(11)17)8-10-6-4-5-7-16-10/h10H,3-8H2,1-2H3,(H,14,15,17). The van der Waals surface area contributed by atoms with Crippen LogP contribution in [0.2, 0.25) is 0 Å². The molecule has 1 aromatic rings. The molecular weight excluding hydrogens is 232 g/mol. The van der Waals surface area contributed by atoms with Crippen molar-refractivity contribution in [2.24, 2.45) is 0 Å². The van der Waals surface area contributed by atoms with E-state index in [4.69, 9.17) is 17.0 Å². The van der Waals surface area contributed by atoms with Gasteiger partial charge in [0.2, 0.25) is 0 Å². The van der Waals surface area contributed by atoms with Crippen LogP contribution in [0.3, 0.4) is 0 Å². The van der Waals surface area contributed by atoms with Crippen molar-refractivity contribution in [1.82, 2.24) is 9.97 Å². The van der Waals surface area contributed by atoms with E-state index >= 15 is 0 Å². The Morgan fingerprint density at radius 3 is 2.88 bits per heavy atom. The quantitative estimate of drug-likeness (QED) is 0.840. The van der Waals surface area contributed by atoms with Crippen molar-refractivity contribution < 1.29 is 4.74 Å². The summed E-state index contributed by atoms with van der Waals surface area (Å²) >= 11 is 5.32. The van der Waals surface area contributed by atoms with Crippen LogP contribution in [0.15, 0.2) is 0 Å². The highest BCUT2D eigenvalue weighted by Crippen LogP contribution is 2.16. The van der Waals surface area contributed by atoms with Crippen LogP contribution in [0.25, 0.3) is 0 Å². The monoisotopic (exact) mass is 252 g/mol. The summed E-state index contributed by atoms with van der Waals surface area (Å²) in [6, 6.07) is 0. The number of aryl methyl sites for hydroxylation is 1. The Kier molecular flexibility index (Phi) is 4.29. The van der Waals surface area contributed by atoms with Gasteiger partial charge in [-0.15, -0.1) is 0 Å². The largest absolute Gasteiger partial charge is 0.378 e. The van der Waals surface area contributed by atoms with Crippen LogP contribution in [0.1, 0.15) is 43.3 Å². The molecule has 1 aliphatic rings. The Balaban J connectivity index is 2.13. The molecule has 0 aromatic carbocycles. The van der Waals surface area contributed by atoms with E-state index in [9.17, 15) is 0 Å².